The Kier molecular flexibility index (Phi) is 9.05. The molecular weight excluding hydrogens is 388 g/mol. The van der Waals surface area contributed by atoms with E-state index in [-0.39, 0.29) is 47.2 Å². The minimum atomic E-state index is -1.73. The lowest BCUT2D eigenvalue weighted by Gasteiger charge is -2.13. The fraction of sp³-hybridized carbons (Fsp3) is 0.522. The number of aliphatic hydroxyl groups excluding tert-OH is 1. The maximum Gasteiger partial charge on any atom is 0.345 e. The summed E-state index contributed by atoms with van der Waals surface area (Å²) in [6, 6.07) is 0. The lowest BCUT2D eigenvalue weighted by Crippen LogP contribution is -2.04. The van der Waals surface area contributed by atoms with Crippen LogP contribution in [0.5, 0.6) is 11.5 Å². The van der Waals surface area contributed by atoms with E-state index in [9.17, 15) is 29.7 Å². The number of cyclic esters (lactones) is 1. The van der Waals surface area contributed by atoms with Crippen molar-refractivity contribution in [3.05, 3.63) is 34.4 Å². The Morgan fingerprint density at radius 3 is 2.40 bits per heavy atom. The van der Waals surface area contributed by atoms with Gasteiger partial charge in [0.1, 0.15) is 17.1 Å². The Morgan fingerprint density at radius 2 is 1.73 bits per heavy atom. The van der Waals surface area contributed by atoms with Gasteiger partial charge in [0, 0.05) is 12.0 Å². The highest BCUT2D eigenvalue weighted by molar-refractivity contribution is 6.02. The minimum Gasteiger partial charge on any atom is -0.507 e. The van der Waals surface area contributed by atoms with Gasteiger partial charge in [-0.05, 0) is 25.3 Å². The first kappa shape index (κ1) is 23.6. The molecule has 0 saturated heterocycles. The zero-order valence-corrected chi connectivity index (χ0v) is 17.4. The summed E-state index contributed by atoms with van der Waals surface area (Å²) >= 11 is 0. The highest BCUT2D eigenvalue weighted by atomic mass is 16.6. The molecule has 0 radical (unpaired) electrons. The Balaban J connectivity index is 1.90. The third-order valence-electron chi connectivity index (χ3n) is 5.31. The number of carbonyl (C=O) groups excluding carboxylic acids is 3. The summed E-state index contributed by atoms with van der Waals surface area (Å²) in [5.74, 6) is -2.30. The molecule has 1 atom stereocenters. The van der Waals surface area contributed by atoms with Crippen LogP contribution in [0.4, 0.5) is 0 Å². The van der Waals surface area contributed by atoms with Gasteiger partial charge in [0.15, 0.2) is 12.1 Å². The van der Waals surface area contributed by atoms with Crippen LogP contribution < -0.4 is 0 Å². The summed E-state index contributed by atoms with van der Waals surface area (Å²) in [5, 5.41) is 30.4. The number of esters is 1. The molecule has 30 heavy (non-hydrogen) atoms. The van der Waals surface area contributed by atoms with E-state index in [2.05, 4.69) is 11.7 Å². The lowest BCUT2D eigenvalue weighted by molar-refractivity contribution is -0.114. The van der Waals surface area contributed by atoms with Crippen molar-refractivity contribution >= 4 is 18.0 Å². The molecule has 1 aliphatic rings. The van der Waals surface area contributed by atoms with Gasteiger partial charge in [-0.15, -0.1) is 0 Å². The van der Waals surface area contributed by atoms with Gasteiger partial charge in [-0.3, -0.25) is 9.59 Å². The molecule has 1 aromatic rings. The third kappa shape index (κ3) is 5.69. The number of ketones is 1. The average Bonchev–Trinajstić information content (AvgIpc) is 3.01. The van der Waals surface area contributed by atoms with E-state index in [4.69, 9.17) is 0 Å². The molecule has 0 amide bonds. The quantitative estimate of drug-likeness (QED) is 0.189. The summed E-state index contributed by atoms with van der Waals surface area (Å²) < 4.78 is 4.61. The lowest BCUT2D eigenvalue weighted by atomic mass is 9.93. The number of phenols is 2. The van der Waals surface area contributed by atoms with E-state index in [1.54, 1.807) is 0 Å². The predicted octanol–water partition coefficient (Wildman–Crippen LogP) is 4.27. The van der Waals surface area contributed by atoms with Gasteiger partial charge in [-0.2, -0.15) is 0 Å². The second kappa shape index (κ2) is 11.5. The summed E-state index contributed by atoms with van der Waals surface area (Å²) in [6.07, 6.45) is 11.0. The minimum absolute atomic E-state index is 0.0106. The molecule has 1 aliphatic heterocycles. The van der Waals surface area contributed by atoms with Crippen LogP contribution in [0.2, 0.25) is 0 Å². The number of phenolic OH excluding ortho intramolecular Hbond substituents is 2. The standard InChI is InChI=1S/C23H30O7/c1-2-3-4-5-6-7-8-9-10-11-15(25)12-13-16-20(26)17(14-24)18-19(21(16)27)23(29)30-22(18)28/h10-11,14,22,26-28H,2-9,12-13H2,1H3. The van der Waals surface area contributed by atoms with Crippen LogP contribution in [0.25, 0.3) is 0 Å². The highest BCUT2D eigenvalue weighted by Crippen LogP contribution is 2.44. The first-order chi connectivity index (χ1) is 14.4. The molecule has 0 aromatic heterocycles. The van der Waals surface area contributed by atoms with Crippen molar-refractivity contribution in [2.75, 3.05) is 0 Å². The molecule has 3 N–H and O–H groups in total. The normalized spacial score (nSPS) is 15.4. The number of ether oxygens (including phenoxy) is 1. The van der Waals surface area contributed by atoms with Crippen LogP contribution in [-0.4, -0.2) is 33.4 Å². The molecule has 7 heteroatoms. The molecule has 7 nitrogen and oxygen atoms in total. The van der Waals surface area contributed by atoms with Crippen LogP contribution >= 0.6 is 0 Å². The summed E-state index contributed by atoms with van der Waals surface area (Å²) in [5.41, 5.74) is -1.01. The molecule has 0 aliphatic carbocycles. The van der Waals surface area contributed by atoms with Crippen molar-refractivity contribution < 1.29 is 34.4 Å². The van der Waals surface area contributed by atoms with E-state index in [0.717, 1.165) is 19.3 Å². The van der Waals surface area contributed by atoms with Gasteiger partial charge >= 0.3 is 5.97 Å². The number of aliphatic hydroxyl groups is 1. The number of benzene rings is 1. The van der Waals surface area contributed by atoms with Gasteiger partial charge in [-0.1, -0.05) is 51.5 Å². The number of hydrogen-bond donors (Lipinski definition) is 3. The van der Waals surface area contributed by atoms with E-state index in [1.165, 1.54) is 38.2 Å². The fourth-order valence-electron chi connectivity index (χ4n) is 3.62. The van der Waals surface area contributed by atoms with Crippen molar-refractivity contribution in [1.29, 1.82) is 0 Å². The first-order valence-electron chi connectivity index (χ1n) is 10.6. The Bertz CT molecular complexity index is 811. The number of fused-ring (bicyclic) bond motifs is 1. The molecule has 0 fully saturated rings. The topological polar surface area (TPSA) is 121 Å². The van der Waals surface area contributed by atoms with E-state index >= 15 is 0 Å². The molecule has 1 heterocycles. The molecule has 0 bridgehead atoms. The van der Waals surface area contributed by atoms with Gasteiger partial charge in [0.05, 0.1) is 11.1 Å². The van der Waals surface area contributed by atoms with Crippen molar-refractivity contribution in [3.8, 4) is 11.5 Å². The fourth-order valence-corrected chi connectivity index (χ4v) is 3.62. The van der Waals surface area contributed by atoms with Crippen LogP contribution in [0.3, 0.4) is 0 Å². The number of aldehydes is 1. The Morgan fingerprint density at radius 1 is 1.07 bits per heavy atom. The summed E-state index contributed by atoms with van der Waals surface area (Å²) in [4.78, 5) is 35.3. The van der Waals surface area contributed by atoms with Crippen LogP contribution in [0.15, 0.2) is 12.2 Å². The van der Waals surface area contributed by atoms with E-state index < -0.39 is 23.8 Å². The summed E-state index contributed by atoms with van der Waals surface area (Å²) in [6.45, 7) is 2.19. The first-order valence-corrected chi connectivity index (χ1v) is 10.6. The van der Waals surface area contributed by atoms with Gasteiger partial charge in [0.2, 0.25) is 6.29 Å². The number of carbonyl (C=O) groups is 3. The monoisotopic (exact) mass is 418 g/mol. The van der Waals surface area contributed by atoms with E-state index in [0.29, 0.717) is 0 Å². The largest absolute Gasteiger partial charge is 0.507 e. The molecule has 0 saturated carbocycles. The number of aromatic hydroxyl groups is 2. The second-order valence-electron chi connectivity index (χ2n) is 7.53. The van der Waals surface area contributed by atoms with Crippen molar-refractivity contribution in [3.63, 3.8) is 0 Å². The third-order valence-corrected chi connectivity index (χ3v) is 5.31. The van der Waals surface area contributed by atoms with Crippen LogP contribution in [0.1, 0.15) is 103 Å². The number of rotatable bonds is 13. The maximum atomic E-state index is 12.1. The van der Waals surface area contributed by atoms with Crippen LogP contribution in [0, 0.1) is 0 Å². The molecule has 1 unspecified atom stereocenters. The second-order valence-corrected chi connectivity index (χ2v) is 7.53. The molecule has 0 spiro atoms. The number of hydrogen-bond acceptors (Lipinski definition) is 7. The smallest absolute Gasteiger partial charge is 0.345 e. The molecule has 2 rings (SSSR count). The zero-order chi connectivity index (χ0) is 22.1. The zero-order valence-electron chi connectivity index (χ0n) is 17.4. The van der Waals surface area contributed by atoms with Gasteiger partial charge in [-0.25, -0.2) is 4.79 Å². The van der Waals surface area contributed by atoms with Gasteiger partial charge in [0.25, 0.3) is 0 Å². The van der Waals surface area contributed by atoms with Crippen LogP contribution in [-0.2, 0) is 16.0 Å². The number of allylic oxidation sites excluding steroid dienone is 2. The van der Waals surface area contributed by atoms with Gasteiger partial charge < -0.3 is 20.1 Å². The number of unbranched alkanes of at least 4 members (excludes halogenated alkanes) is 7. The Labute approximate surface area is 176 Å². The van der Waals surface area contributed by atoms with Crippen molar-refractivity contribution in [1.82, 2.24) is 0 Å². The predicted molar refractivity (Wildman–Crippen MR) is 111 cm³/mol. The highest BCUT2D eigenvalue weighted by Gasteiger charge is 2.38. The molecule has 164 valence electrons. The molecule has 1 aromatic carbocycles. The molecular formula is C23H30O7. The van der Waals surface area contributed by atoms with E-state index in [1.807, 2.05) is 6.08 Å². The SMILES string of the molecule is CCCCCCCCCC=CC(=O)CCc1c(O)c(C=O)c2c(c1O)C(=O)OC2O. The summed E-state index contributed by atoms with van der Waals surface area (Å²) in [7, 11) is 0. The van der Waals surface area contributed by atoms with Crippen molar-refractivity contribution in [2.24, 2.45) is 0 Å². The Hall–Kier alpha value is -2.67. The average molecular weight is 418 g/mol. The maximum absolute atomic E-state index is 12.1. The van der Waals surface area contributed by atoms with Crippen molar-refractivity contribution in [2.45, 2.75) is 77.4 Å².